The largest absolute Gasteiger partial charge is 0.0616 e. The van der Waals surface area contributed by atoms with E-state index in [4.69, 9.17) is 0 Å². The fourth-order valence-corrected chi connectivity index (χ4v) is 7.19. The van der Waals surface area contributed by atoms with Gasteiger partial charge in [0.2, 0.25) is 0 Å². The third-order valence-electron chi connectivity index (χ3n) is 9.21. The van der Waals surface area contributed by atoms with Crippen molar-refractivity contribution in [3.05, 3.63) is 170 Å². The average Bonchev–Trinajstić information content (AvgIpc) is 3.10. The van der Waals surface area contributed by atoms with E-state index in [1.807, 2.05) is 0 Å². The fourth-order valence-electron chi connectivity index (χ4n) is 7.19. The quantitative estimate of drug-likeness (QED) is 0.190. The zero-order valence-corrected chi connectivity index (χ0v) is 24.2. The van der Waals surface area contributed by atoms with Gasteiger partial charge in [0.05, 0.1) is 0 Å². The van der Waals surface area contributed by atoms with E-state index in [-0.39, 0.29) is 0 Å². The van der Waals surface area contributed by atoms with Gasteiger partial charge in [-0.15, -0.1) is 0 Å². The third-order valence-corrected chi connectivity index (χ3v) is 9.21. The Morgan fingerprint density at radius 3 is 1.23 bits per heavy atom. The van der Waals surface area contributed by atoms with Crippen molar-refractivity contribution in [1.29, 1.82) is 0 Å². The Morgan fingerprint density at radius 1 is 0.227 bits per heavy atom. The molecule has 0 unspecified atom stereocenters. The Kier molecular flexibility index (Phi) is 5.61. The van der Waals surface area contributed by atoms with Gasteiger partial charge in [0, 0.05) is 0 Å². The lowest BCUT2D eigenvalue weighted by Crippen LogP contribution is -1.94. The minimum Gasteiger partial charge on any atom is -0.0616 e. The monoisotopic (exact) mass is 556 g/mol. The summed E-state index contributed by atoms with van der Waals surface area (Å²) in [4.78, 5) is 0. The smallest absolute Gasteiger partial charge is 0.00139 e. The zero-order chi connectivity index (χ0) is 29.0. The van der Waals surface area contributed by atoms with Crippen LogP contribution in [0, 0.1) is 0 Å². The summed E-state index contributed by atoms with van der Waals surface area (Å²) in [6.45, 7) is 0. The first kappa shape index (κ1) is 24.8. The summed E-state index contributed by atoms with van der Waals surface area (Å²) in [7, 11) is 0. The van der Waals surface area contributed by atoms with Crippen LogP contribution in [-0.2, 0) is 0 Å². The van der Waals surface area contributed by atoms with Gasteiger partial charge < -0.3 is 0 Å². The molecule has 0 aromatic heterocycles. The first-order valence-corrected chi connectivity index (χ1v) is 15.3. The van der Waals surface area contributed by atoms with Crippen molar-refractivity contribution >= 4 is 53.9 Å². The molecule has 9 rings (SSSR count). The van der Waals surface area contributed by atoms with Crippen LogP contribution in [0.1, 0.15) is 0 Å². The zero-order valence-electron chi connectivity index (χ0n) is 24.2. The lowest BCUT2D eigenvalue weighted by Gasteiger charge is -2.21. The van der Waals surface area contributed by atoms with Crippen molar-refractivity contribution < 1.29 is 0 Å². The summed E-state index contributed by atoms with van der Waals surface area (Å²) < 4.78 is 0. The number of hydrogen-bond donors (Lipinski definition) is 0. The van der Waals surface area contributed by atoms with Crippen LogP contribution >= 0.6 is 0 Å². The second-order valence-corrected chi connectivity index (χ2v) is 11.7. The van der Waals surface area contributed by atoms with Gasteiger partial charge in [-0.2, -0.15) is 0 Å². The Hall–Kier alpha value is -5.72. The normalized spacial score (nSPS) is 11.6. The molecule has 0 aliphatic rings. The van der Waals surface area contributed by atoms with Crippen molar-refractivity contribution in [2.75, 3.05) is 0 Å². The molecular weight excluding hydrogens is 528 g/mol. The lowest BCUT2D eigenvalue weighted by atomic mass is 9.81. The summed E-state index contributed by atoms with van der Waals surface area (Å²) in [5, 5.41) is 12.6. The molecule has 0 nitrogen and oxygen atoms in total. The Morgan fingerprint density at radius 2 is 0.636 bits per heavy atom. The molecule has 0 N–H and O–H groups in total. The van der Waals surface area contributed by atoms with Crippen LogP contribution in [0.3, 0.4) is 0 Å². The first-order chi connectivity index (χ1) is 21.8. The summed E-state index contributed by atoms with van der Waals surface area (Å²) in [6.07, 6.45) is 0. The number of fused-ring (bicyclic) bond motifs is 5. The van der Waals surface area contributed by atoms with Crippen molar-refractivity contribution in [1.82, 2.24) is 0 Å². The standard InChI is InChI=1S/C44H28/c1-3-14-32-27-34(23-21-29(32)11-1)37-26-25-31-13-5-6-16-36(31)43(37)44-40-19-9-7-17-38(40)42(39-18-8-10-20-41(39)44)35-24-22-30-12-2-4-15-33(30)28-35/h1-28H. The van der Waals surface area contributed by atoms with Gasteiger partial charge in [0.15, 0.2) is 0 Å². The van der Waals surface area contributed by atoms with Gasteiger partial charge in [0.1, 0.15) is 0 Å². The van der Waals surface area contributed by atoms with E-state index in [2.05, 4.69) is 170 Å². The molecule has 0 aliphatic heterocycles. The molecule has 0 saturated heterocycles. The molecule has 0 fully saturated rings. The highest BCUT2D eigenvalue weighted by molar-refractivity contribution is 6.25. The number of rotatable bonds is 3. The lowest BCUT2D eigenvalue weighted by molar-refractivity contribution is 1.65. The van der Waals surface area contributed by atoms with Gasteiger partial charge in [0.25, 0.3) is 0 Å². The maximum Gasteiger partial charge on any atom is -0.00139 e. The summed E-state index contributed by atoms with van der Waals surface area (Å²) in [5.41, 5.74) is 7.60. The number of hydrogen-bond acceptors (Lipinski definition) is 0. The molecule has 0 aliphatic carbocycles. The van der Waals surface area contributed by atoms with Crippen LogP contribution in [0.2, 0.25) is 0 Å². The van der Waals surface area contributed by atoms with Crippen LogP contribution in [0.5, 0.6) is 0 Å². The molecule has 0 atom stereocenters. The van der Waals surface area contributed by atoms with E-state index >= 15 is 0 Å². The molecule has 0 heteroatoms. The highest BCUT2D eigenvalue weighted by Crippen LogP contribution is 2.48. The molecule has 0 radical (unpaired) electrons. The van der Waals surface area contributed by atoms with E-state index in [1.54, 1.807) is 0 Å². The number of benzene rings is 9. The Balaban J connectivity index is 1.43. The molecule has 9 aromatic rings. The van der Waals surface area contributed by atoms with Crippen LogP contribution in [-0.4, -0.2) is 0 Å². The fraction of sp³-hybridized carbons (Fsp3) is 0. The predicted molar refractivity (Wildman–Crippen MR) is 190 cm³/mol. The SMILES string of the molecule is c1ccc2cc(-c3ccc4ccccc4c3-c3c4ccccc4c(-c4ccc5ccccc5c4)c4ccccc34)ccc2c1. The van der Waals surface area contributed by atoms with Crippen LogP contribution in [0.15, 0.2) is 170 Å². The van der Waals surface area contributed by atoms with E-state index in [0.29, 0.717) is 0 Å². The second kappa shape index (κ2) is 9.93. The van der Waals surface area contributed by atoms with Gasteiger partial charge in [-0.25, -0.2) is 0 Å². The highest BCUT2D eigenvalue weighted by Gasteiger charge is 2.21. The molecule has 204 valence electrons. The Labute approximate surface area is 256 Å². The first-order valence-electron chi connectivity index (χ1n) is 15.3. The van der Waals surface area contributed by atoms with E-state index < -0.39 is 0 Å². The average molecular weight is 557 g/mol. The topological polar surface area (TPSA) is 0 Å². The molecule has 9 aromatic carbocycles. The van der Waals surface area contributed by atoms with Crippen LogP contribution < -0.4 is 0 Å². The molecule has 0 bridgehead atoms. The van der Waals surface area contributed by atoms with Crippen LogP contribution in [0.4, 0.5) is 0 Å². The minimum absolute atomic E-state index is 1.23. The van der Waals surface area contributed by atoms with Crippen molar-refractivity contribution in [2.45, 2.75) is 0 Å². The molecular formula is C44H28. The molecule has 0 heterocycles. The molecule has 0 saturated carbocycles. The van der Waals surface area contributed by atoms with E-state index in [0.717, 1.165) is 0 Å². The third kappa shape index (κ3) is 3.85. The summed E-state index contributed by atoms with van der Waals surface area (Å²) >= 11 is 0. The summed E-state index contributed by atoms with van der Waals surface area (Å²) in [6, 6.07) is 62.4. The van der Waals surface area contributed by atoms with Gasteiger partial charge in [-0.1, -0.05) is 158 Å². The summed E-state index contributed by atoms with van der Waals surface area (Å²) in [5.74, 6) is 0. The van der Waals surface area contributed by atoms with Crippen LogP contribution in [0.25, 0.3) is 87.2 Å². The maximum absolute atomic E-state index is 2.35. The van der Waals surface area contributed by atoms with Gasteiger partial charge in [-0.3, -0.25) is 0 Å². The van der Waals surface area contributed by atoms with Crippen molar-refractivity contribution in [2.24, 2.45) is 0 Å². The van der Waals surface area contributed by atoms with Gasteiger partial charge >= 0.3 is 0 Å². The molecule has 44 heavy (non-hydrogen) atoms. The minimum atomic E-state index is 1.23. The highest BCUT2D eigenvalue weighted by atomic mass is 14.2. The Bertz CT molecular complexity index is 2490. The second-order valence-electron chi connectivity index (χ2n) is 11.7. The van der Waals surface area contributed by atoms with Crippen molar-refractivity contribution in [3.63, 3.8) is 0 Å². The maximum atomic E-state index is 2.35. The van der Waals surface area contributed by atoms with E-state index in [1.165, 1.54) is 87.2 Å². The van der Waals surface area contributed by atoms with Crippen molar-refractivity contribution in [3.8, 4) is 33.4 Å². The molecule has 0 spiro atoms. The molecule has 0 amide bonds. The van der Waals surface area contributed by atoms with Gasteiger partial charge in [-0.05, 0) is 99.4 Å². The predicted octanol–water partition coefficient (Wildman–Crippen LogP) is 12.5. The van der Waals surface area contributed by atoms with E-state index in [9.17, 15) is 0 Å².